The molecule has 0 aliphatic carbocycles. The Labute approximate surface area is 181 Å². The van der Waals surface area contributed by atoms with Crippen molar-refractivity contribution in [2.45, 2.75) is 32.9 Å². The van der Waals surface area contributed by atoms with E-state index in [2.05, 4.69) is 0 Å². The van der Waals surface area contributed by atoms with Gasteiger partial charge < -0.3 is 0 Å². The summed E-state index contributed by atoms with van der Waals surface area (Å²) >= 11 is 0. The second kappa shape index (κ2) is 7.36. The maximum absolute atomic E-state index is 13.6. The SMILES string of the molecule is Cc1ccc([C@H]2[C@H]3C(=O)N(c4ccc(C)c(C)c4)C(=O)[C@H]3ON2c2ccccc2)cc1. The third-order valence-electron chi connectivity index (χ3n) is 6.29. The highest BCUT2D eigenvalue weighted by molar-refractivity contribution is 6.24. The molecule has 5 rings (SSSR count). The van der Waals surface area contributed by atoms with Gasteiger partial charge in [0, 0.05) is 0 Å². The summed E-state index contributed by atoms with van der Waals surface area (Å²) in [5.41, 5.74) is 5.66. The van der Waals surface area contributed by atoms with E-state index in [0.717, 1.165) is 27.9 Å². The molecule has 0 aromatic heterocycles. The summed E-state index contributed by atoms with van der Waals surface area (Å²) in [4.78, 5) is 34.5. The summed E-state index contributed by atoms with van der Waals surface area (Å²) < 4.78 is 0. The van der Waals surface area contributed by atoms with Gasteiger partial charge in [0.05, 0.1) is 17.4 Å². The second-order valence-corrected chi connectivity index (χ2v) is 8.35. The van der Waals surface area contributed by atoms with Crippen molar-refractivity contribution >= 4 is 23.2 Å². The fraction of sp³-hybridized carbons (Fsp3) is 0.231. The van der Waals surface area contributed by atoms with Crippen LogP contribution < -0.4 is 9.96 Å². The minimum absolute atomic E-state index is 0.220. The number of fused-ring (bicyclic) bond motifs is 1. The van der Waals surface area contributed by atoms with E-state index in [9.17, 15) is 9.59 Å². The lowest BCUT2D eigenvalue weighted by Gasteiger charge is -2.29. The zero-order chi connectivity index (χ0) is 21.7. The molecule has 3 aromatic carbocycles. The van der Waals surface area contributed by atoms with Crippen molar-refractivity contribution in [3.05, 3.63) is 95.1 Å². The highest BCUT2D eigenvalue weighted by Gasteiger charge is 2.60. The molecule has 0 unspecified atom stereocenters. The van der Waals surface area contributed by atoms with Crippen LogP contribution in [-0.2, 0) is 14.4 Å². The van der Waals surface area contributed by atoms with Crippen molar-refractivity contribution in [1.82, 2.24) is 0 Å². The lowest BCUT2D eigenvalue weighted by molar-refractivity contribution is -0.126. The third kappa shape index (κ3) is 3.13. The summed E-state index contributed by atoms with van der Waals surface area (Å²) in [7, 11) is 0. The number of rotatable bonds is 3. The van der Waals surface area contributed by atoms with Crippen molar-refractivity contribution in [3.63, 3.8) is 0 Å². The van der Waals surface area contributed by atoms with Crippen LogP contribution in [0.2, 0.25) is 0 Å². The average molecular weight is 412 g/mol. The van der Waals surface area contributed by atoms with E-state index in [1.165, 1.54) is 4.90 Å². The molecule has 0 bridgehead atoms. The molecule has 2 aliphatic rings. The first-order valence-corrected chi connectivity index (χ1v) is 10.5. The Hall–Kier alpha value is -3.44. The molecule has 31 heavy (non-hydrogen) atoms. The Bertz CT molecular complexity index is 1160. The van der Waals surface area contributed by atoms with Crippen molar-refractivity contribution in [2.24, 2.45) is 5.92 Å². The first-order chi connectivity index (χ1) is 15.0. The van der Waals surface area contributed by atoms with Crippen molar-refractivity contribution in [1.29, 1.82) is 0 Å². The number of amides is 2. The fourth-order valence-electron chi connectivity index (χ4n) is 4.43. The van der Waals surface area contributed by atoms with Gasteiger partial charge in [0.1, 0.15) is 5.92 Å². The van der Waals surface area contributed by atoms with Gasteiger partial charge in [0.25, 0.3) is 5.91 Å². The van der Waals surface area contributed by atoms with Gasteiger partial charge in [-0.15, -0.1) is 0 Å². The molecule has 2 saturated heterocycles. The number of para-hydroxylation sites is 1. The van der Waals surface area contributed by atoms with Gasteiger partial charge in [0.15, 0.2) is 6.10 Å². The fourth-order valence-corrected chi connectivity index (χ4v) is 4.43. The van der Waals surface area contributed by atoms with E-state index < -0.39 is 12.0 Å². The highest BCUT2D eigenvalue weighted by atomic mass is 16.7. The third-order valence-corrected chi connectivity index (χ3v) is 6.29. The summed E-state index contributed by atoms with van der Waals surface area (Å²) in [6, 6.07) is 23.0. The maximum Gasteiger partial charge on any atom is 0.266 e. The van der Waals surface area contributed by atoms with Crippen LogP contribution in [-0.4, -0.2) is 17.9 Å². The Morgan fingerprint density at radius 2 is 1.45 bits per heavy atom. The summed E-state index contributed by atoms with van der Waals surface area (Å²) in [6.07, 6.45) is -0.847. The number of imide groups is 1. The lowest BCUT2D eigenvalue weighted by Crippen LogP contribution is -2.37. The van der Waals surface area contributed by atoms with Gasteiger partial charge >= 0.3 is 0 Å². The number of carbonyl (C=O) groups excluding carboxylic acids is 2. The monoisotopic (exact) mass is 412 g/mol. The number of nitrogens with zero attached hydrogens (tertiary/aromatic N) is 2. The first kappa shape index (κ1) is 19.5. The molecule has 3 atom stereocenters. The van der Waals surface area contributed by atoms with Crippen molar-refractivity contribution in [3.8, 4) is 0 Å². The number of aryl methyl sites for hydroxylation is 3. The van der Waals surface area contributed by atoms with Gasteiger partial charge in [-0.25, -0.2) is 9.96 Å². The Morgan fingerprint density at radius 3 is 2.13 bits per heavy atom. The molecular formula is C26H24N2O3. The van der Waals surface area contributed by atoms with Crippen LogP contribution in [0.4, 0.5) is 11.4 Å². The van der Waals surface area contributed by atoms with E-state index in [1.807, 2.05) is 93.6 Å². The molecule has 0 saturated carbocycles. The van der Waals surface area contributed by atoms with Crippen molar-refractivity contribution < 1.29 is 14.4 Å². The summed E-state index contributed by atoms with van der Waals surface area (Å²) in [5, 5.41) is 1.73. The van der Waals surface area contributed by atoms with E-state index in [-0.39, 0.29) is 17.9 Å². The smallest absolute Gasteiger partial charge is 0.266 e. The van der Waals surface area contributed by atoms with Crippen LogP contribution in [0.5, 0.6) is 0 Å². The minimum Gasteiger partial charge on any atom is -0.273 e. The van der Waals surface area contributed by atoms with E-state index >= 15 is 0 Å². The number of benzene rings is 3. The predicted molar refractivity (Wildman–Crippen MR) is 120 cm³/mol. The highest BCUT2D eigenvalue weighted by Crippen LogP contribution is 2.47. The van der Waals surface area contributed by atoms with E-state index in [1.54, 1.807) is 5.06 Å². The normalized spacial score (nSPS) is 22.9. The number of hydrogen-bond acceptors (Lipinski definition) is 4. The average Bonchev–Trinajstić information content (AvgIpc) is 3.28. The zero-order valence-electron chi connectivity index (χ0n) is 17.8. The van der Waals surface area contributed by atoms with Gasteiger partial charge in [-0.1, -0.05) is 54.1 Å². The molecule has 2 heterocycles. The van der Waals surface area contributed by atoms with Crippen LogP contribution in [0.1, 0.15) is 28.3 Å². The summed E-state index contributed by atoms with van der Waals surface area (Å²) in [6.45, 7) is 6.02. The number of hydroxylamine groups is 1. The lowest BCUT2D eigenvalue weighted by atomic mass is 9.90. The Balaban J connectivity index is 1.58. The number of anilines is 2. The van der Waals surface area contributed by atoms with E-state index in [0.29, 0.717) is 5.69 Å². The van der Waals surface area contributed by atoms with Crippen molar-refractivity contribution in [2.75, 3.05) is 9.96 Å². The Kier molecular flexibility index (Phi) is 4.63. The number of carbonyl (C=O) groups is 2. The molecule has 3 aromatic rings. The van der Waals surface area contributed by atoms with Crippen LogP contribution >= 0.6 is 0 Å². The van der Waals surface area contributed by atoms with Crippen LogP contribution in [0.15, 0.2) is 72.8 Å². The molecule has 0 spiro atoms. The largest absolute Gasteiger partial charge is 0.273 e. The second-order valence-electron chi connectivity index (χ2n) is 8.35. The van der Waals surface area contributed by atoms with Gasteiger partial charge in [-0.2, -0.15) is 0 Å². The molecule has 5 heteroatoms. The quantitative estimate of drug-likeness (QED) is 0.587. The molecule has 0 N–H and O–H groups in total. The molecule has 2 aliphatic heterocycles. The van der Waals surface area contributed by atoms with E-state index in [4.69, 9.17) is 4.84 Å². The van der Waals surface area contributed by atoms with Gasteiger partial charge in [0.2, 0.25) is 5.91 Å². The standard InChI is InChI=1S/C26H24N2O3/c1-16-9-12-19(13-10-16)23-22-24(31-28(23)20-7-5-4-6-8-20)26(30)27(25(22)29)21-14-11-17(2)18(3)15-21/h4-15,22-24H,1-3H3/t22-,23+,24+/m1/s1. The molecule has 0 radical (unpaired) electrons. The molecule has 2 fully saturated rings. The minimum atomic E-state index is -0.847. The zero-order valence-corrected chi connectivity index (χ0v) is 17.8. The van der Waals surface area contributed by atoms with Gasteiger partial charge in [-0.3, -0.25) is 14.4 Å². The summed E-state index contributed by atoms with van der Waals surface area (Å²) in [5.74, 6) is -1.15. The number of hydrogen-bond donors (Lipinski definition) is 0. The topological polar surface area (TPSA) is 49.9 Å². The first-order valence-electron chi connectivity index (χ1n) is 10.5. The van der Waals surface area contributed by atoms with Gasteiger partial charge in [-0.05, 0) is 61.7 Å². The van der Waals surface area contributed by atoms with Crippen LogP contribution in [0.25, 0.3) is 0 Å². The molecule has 156 valence electrons. The maximum atomic E-state index is 13.6. The molecule has 2 amide bonds. The van der Waals surface area contributed by atoms with Crippen LogP contribution in [0, 0.1) is 26.7 Å². The molecular weight excluding hydrogens is 388 g/mol. The Morgan fingerprint density at radius 1 is 0.742 bits per heavy atom. The molecule has 5 nitrogen and oxygen atoms in total. The predicted octanol–water partition coefficient (Wildman–Crippen LogP) is 4.66. The van der Waals surface area contributed by atoms with Crippen LogP contribution in [0.3, 0.4) is 0 Å².